The molecule has 1 aliphatic rings. The van der Waals surface area contributed by atoms with Crippen LogP contribution in [-0.2, 0) is 9.47 Å². The average molecular weight is 377 g/mol. The fourth-order valence-corrected chi connectivity index (χ4v) is 3.41. The van der Waals surface area contributed by atoms with Crippen LogP contribution in [0.15, 0.2) is 0 Å². The summed E-state index contributed by atoms with van der Waals surface area (Å²) in [5.74, 6) is 0. The van der Waals surface area contributed by atoms with E-state index in [0.717, 1.165) is 12.8 Å². The number of unbranched alkanes of at least 4 members (excludes halogenated alkanes) is 11. The van der Waals surface area contributed by atoms with Gasteiger partial charge in [0.25, 0.3) is 0 Å². The number of rotatable bonds is 15. The second-order valence-corrected chi connectivity index (χ2v) is 7.45. The predicted octanol–water partition coefficient (Wildman–Crippen LogP) is 2.50. The van der Waals surface area contributed by atoms with E-state index >= 15 is 0 Å². The Morgan fingerprint density at radius 1 is 0.731 bits per heavy atom. The number of aliphatic hydroxyl groups is 4. The molecule has 0 spiro atoms. The molecular weight excluding hydrogens is 336 g/mol. The quantitative estimate of drug-likeness (QED) is 0.328. The first kappa shape index (κ1) is 23.8. The maximum atomic E-state index is 9.97. The van der Waals surface area contributed by atoms with Crippen molar-refractivity contribution in [2.24, 2.45) is 0 Å². The molecule has 4 N–H and O–H groups in total. The molecule has 0 aliphatic carbocycles. The minimum Gasteiger partial charge on any atom is -0.394 e. The standard InChI is InChI=1S/C20H40O6/c1-2-3-4-5-6-7-8-9-10-11-12-13-14-25-19-18(23)17(22)16(15-21)26-20(19)24/h16-24H,2-15H2,1H3/t16-,17-,18+,19-,20?/m1/s1. The molecule has 1 saturated heterocycles. The van der Waals surface area contributed by atoms with Gasteiger partial charge in [0.15, 0.2) is 6.29 Å². The highest BCUT2D eigenvalue weighted by Gasteiger charge is 2.44. The summed E-state index contributed by atoms with van der Waals surface area (Å²) in [6.07, 6.45) is 9.27. The van der Waals surface area contributed by atoms with Crippen LogP contribution >= 0.6 is 0 Å². The summed E-state index contributed by atoms with van der Waals surface area (Å²) < 4.78 is 10.6. The fourth-order valence-electron chi connectivity index (χ4n) is 3.41. The van der Waals surface area contributed by atoms with Crippen molar-refractivity contribution < 1.29 is 29.9 Å². The van der Waals surface area contributed by atoms with Gasteiger partial charge in [-0.05, 0) is 6.42 Å². The van der Waals surface area contributed by atoms with Gasteiger partial charge in [-0.2, -0.15) is 0 Å². The molecule has 6 nitrogen and oxygen atoms in total. The zero-order chi connectivity index (χ0) is 19.2. The Bertz CT molecular complexity index is 327. The zero-order valence-electron chi connectivity index (χ0n) is 16.4. The smallest absolute Gasteiger partial charge is 0.184 e. The van der Waals surface area contributed by atoms with E-state index in [0.29, 0.717) is 6.61 Å². The third-order valence-electron chi connectivity index (χ3n) is 5.15. The summed E-state index contributed by atoms with van der Waals surface area (Å²) in [6, 6.07) is 0. The summed E-state index contributed by atoms with van der Waals surface area (Å²) >= 11 is 0. The van der Waals surface area contributed by atoms with Gasteiger partial charge in [0.2, 0.25) is 0 Å². The van der Waals surface area contributed by atoms with Crippen LogP contribution in [0.25, 0.3) is 0 Å². The first-order chi connectivity index (χ1) is 12.6. The average Bonchev–Trinajstić information content (AvgIpc) is 2.64. The van der Waals surface area contributed by atoms with Crippen LogP contribution in [0, 0.1) is 0 Å². The molecule has 156 valence electrons. The van der Waals surface area contributed by atoms with Crippen molar-refractivity contribution in [1.29, 1.82) is 0 Å². The Morgan fingerprint density at radius 3 is 1.73 bits per heavy atom. The Labute approximate surface area is 158 Å². The van der Waals surface area contributed by atoms with Crippen LogP contribution in [0.1, 0.15) is 84.0 Å². The second kappa shape index (κ2) is 14.8. The molecule has 0 aromatic carbocycles. The van der Waals surface area contributed by atoms with E-state index in [1.165, 1.54) is 64.2 Å². The molecular formula is C20H40O6. The van der Waals surface area contributed by atoms with Crippen LogP contribution in [0.2, 0.25) is 0 Å². The van der Waals surface area contributed by atoms with Gasteiger partial charge in [0, 0.05) is 6.61 Å². The predicted molar refractivity (Wildman–Crippen MR) is 101 cm³/mol. The van der Waals surface area contributed by atoms with E-state index in [2.05, 4.69) is 6.92 Å². The maximum absolute atomic E-state index is 9.97. The lowest BCUT2D eigenvalue weighted by Crippen LogP contribution is -2.59. The summed E-state index contributed by atoms with van der Waals surface area (Å²) in [6.45, 7) is 2.20. The molecule has 1 unspecified atom stereocenters. The SMILES string of the molecule is CCCCCCCCCCCCCCO[C@H]1C(O)O[C@H](CO)[C@@H](O)[C@@H]1O. The largest absolute Gasteiger partial charge is 0.394 e. The van der Waals surface area contributed by atoms with Gasteiger partial charge in [-0.25, -0.2) is 0 Å². The molecule has 26 heavy (non-hydrogen) atoms. The van der Waals surface area contributed by atoms with Crippen molar-refractivity contribution in [3.8, 4) is 0 Å². The Balaban J connectivity index is 1.96. The van der Waals surface area contributed by atoms with Crippen LogP contribution < -0.4 is 0 Å². The molecule has 1 fully saturated rings. The third kappa shape index (κ3) is 9.11. The lowest BCUT2D eigenvalue weighted by atomic mass is 9.99. The summed E-state index contributed by atoms with van der Waals surface area (Å²) in [4.78, 5) is 0. The van der Waals surface area contributed by atoms with E-state index in [1.54, 1.807) is 0 Å². The topological polar surface area (TPSA) is 99.4 Å². The highest BCUT2D eigenvalue weighted by molar-refractivity contribution is 4.89. The Hall–Kier alpha value is -0.240. The molecule has 5 atom stereocenters. The minimum atomic E-state index is -1.33. The Kier molecular flexibility index (Phi) is 13.5. The third-order valence-corrected chi connectivity index (χ3v) is 5.15. The first-order valence-electron chi connectivity index (χ1n) is 10.5. The summed E-state index contributed by atoms with van der Waals surface area (Å²) in [5, 5.41) is 38.6. The fraction of sp³-hybridized carbons (Fsp3) is 1.00. The molecule has 6 heteroatoms. The van der Waals surface area contributed by atoms with Crippen LogP contribution in [0.3, 0.4) is 0 Å². The molecule has 0 aromatic rings. The van der Waals surface area contributed by atoms with Gasteiger partial charge in [-0.15, -0.1) is 0 Å². The normalized spacial score (nSPS) is 29.2. The highest BCUT2D eigenvalue weighted by Crippen LogP contribution is 2.22. The monoisotopic (exact) mass is 376 g/mol. The number of aliphatic hydroxyl groups excluding tert-OH is 4. The lowest BCUT2D eigenvalue weighted by molar-refractivity contribution is -0.296. The zero-order valence-corrected chi connectivity index (χ0v) is 16.4. The van der Waals surface area contributed by atoms with E-state index in [-0.39, 0.29) is 0 Å². The number of hydrogen-bond donors (Lipinski definition) is 4. The molecule has 1 heterocycles. The molecule has 1 aliphatic heterocycles. The molecule has 0 bridgehead atoms. The van der Waals surface area contributed by atoms with Crippen molar-refractivity contribution in [2.45, 2.75) is 115 Å². The molecule has 0 radical (unpaired) electrons. The molecule has 0 amide bonds. The van der Waals surface area contributed by atoms with Crippen molar-refractivity contribution in [3.63, 3.8) is 0 Å². The van der Waals surface area contributed by atoms with E-state index in [4.69, 9.17) is 14.6 Å². The second-order valence-electron chi connectivity index (χ2n) is 7.45. The van der Waals surface area contributed by atoms with Gasteiger partial charge < -0.3 is 29.9 Å². The number of ether oxygens (including phenoxy) is 2. The molecule has 1 rings (SSSR count). The van der Waals surface area contributed by atoms with E-state index < -0.39 is 37.3 Å². The summed E-state index contributed by atoms with van der Waals surface area (Å²) in [5.41, 5.74) is 0. The van der Waals surface area contributed by atoms with Crippen molar-refractivity contribution in [2.75, 3.05) is 13.2 Å². The van der Waals surface area contributed by atoms with Gasteiger partial charge in [-0.3, -0.25) is 0 Å². The van der Waals surface area contributed by atoms with Crippen LogP contribution in [0.5, 0.6) is 0 Å². The first-order valence-corrected chi connectivity index (χ1v) is 10.5. The summed E-state index contributed by atoms with van der Waals surface area (Å²) in [7, 11) is 0. The van der Waals surface area contributed by atoms with Gasteiger partial charge in [0.05, 0.1) is 6.61 Å². The van der Waals surface area contributed by atoms with Crippen molar-refractivity contribution in [3.05, 3.63) is 0 Å². The lowest BCUT2D eigenvalue weighted by Gasteiger charge is -2.39. The van der Waals surface area contributed by atoms with E-state index in [9.17, 15) is 15.3 Å². The Morgan fingerprint density at radius 2 is 1.23 bits per heavy atom. The molecule has 0 saturated carbocycles. The van der Waals surface area contributed by atoms with Crippen LogP contribution in [0.4, 0.5) is 0 Å². The van der Waals surface area contributed by atoms with Gasteiger partial charge in [-0.1, -0.05) is 77.6 Å². The highest BCUT2D eigenvalue weighted by atomic mass is 16.7. The van der Waals surface area contributed by atoms with Crippen molar-refractivity contribution >= 4 is 0 Å². The van der Waals surface area contributed by atoms with E-state index in [1.807, 2.05) is 0 Å². The van der Waals surface area contributed by atoms with Gasteiger partial charge >= 0.3 is 0 Å². The minimum absolute atomic E-state index is 0.413. The maximum Gasteiger partial charge on any atom is 0.184 e. The number of hydrogen-bond acceptors (Lipinski definition) is 6. The van der Waals surface area contributed by atoms with Gasteiger partial charge in [0.1, 0.15) is 24.4 Å². The van der Waals surface area contributed by atoms with Crippen LogP contribution in [-0.4, -0.2) is 64.3 Å². The molecule has 0 aromatic heterocycles. The van der Waals surface area contributed by atoms with Crippen molar-refractivity contribution in [1.82, 2.24) is 0 Å².